The van der Waals surface area contributed by atoms with Crippen molar-refractivity contribution in [3.8, 4) is 0 Å². The van der Waals surface area contributed by atoms with Crippen LogP contribution in [0, 0.1) is 28.6 Å². The second-order valence-electron chi connectivity index (χ2n) is 28.1. The standard InChI is InChI=1S/C65H106O24/c1-31-53(68)59(74-15)60(83-38(8)66)61(81-31)87-56-34(4)79-51(27-46(56)72-13)85-54-32(2)77-50(25-44(54)70-11)84-55-33(3)78-52(26-45(55)71-12)86-57-36(6)88-65(29-48(57)73-14)76-30-75-47-28-49(80-35(5)58(47)89-65)82-37(7)64(69)23-20-43-41-17-16-39-24-40(67)18-21-62(39,9)42(41)19-22-63(43,64)10/h16,31-37,40-61,67-69H,17-30H2,1-15H3/t31?,32?,33?,34?,35?,36?,37-,40?,41?,42?,43?,44+,45+,46+,47+,48+,49-,50-,51-,52-,53-,54+,55+,56+,57+,58+,59?,60?,61-,62?,63?,64-,65+/m0/s1. The molecule has 510 valence electrons. The van der Waals surface area contributed by atoms with E-state index >= 15 is 0 Å². The highest BCUT2D eigenvalue weighted by Crippen LogP contribution is 2.68. The van der Waals surface area contributed by atoms with E-state index in [-0.39, 0.29) is 36.6 Å². The molecule has 7 saturated heterocycles. The Morgan fingerprint density at radius 2 is 1.17 bits per heavy atom. The van der Waals surface area contributed by atoms with Crippen molar-refractivity contribution in [1.29, 1.82) is 0 Å². The van der Waals surface area contributed by atoms with E-state index < -0.39 is 171 Å². The summed E-state index contributed by atoms with van der Waals surface area (Å²) in [5.74, 6) is -0.662. The normalized spacial score (nSPS) is 52.3. The second-order valence-corrected chi connectivity index (χ2v) is 28.1. The summed E-state index contributed by atoms with van der Waals surface area (Å²) in [6.45, 7) is 19.1. The van der Waals surface area contributed by atoms with Crippen LogP contribution in [0.5, 0.6) is 0 Å². The molecule has 11 aliphatic rings. The summed E-state index contributed by atoms with van der Waals surface area (Å²) >= 11 is 0. The van der Waals surface area contributed by atoms with Crippen molar-refractivity contribution >= 4 is 5.97 Å². The van der Waals surface area contributed by atoms with Gasteiger partial charge in [0.1, 0.15) is 42.7 Å². The summed E-state index contributed by atoms with van der Waals surface area (Å²) in [5.41, 5.74) is 0.234. The van der Waals surface area contributed by atoms with E-state index in [0.29, 0.717) is 43.4 Å². The van der Waals surface area contributed by atoms with Crippen molar-refractivity contribution < 1.29 is 115 Å². The van der Waals surface area contributed by atoms with E-state index in [1.807, 2.05) is 41.5 Å². The van der Waals surface area contributed by atoms with Crippen LogP contribution in [0.4, 0.5) is 0 Å². The maximum Gasteiger partial charge on any atom is 0.303 e. The van der Waals surface area contributed by atoms with E-state index in [2.05, 4.69) is 19.9 Å². The summed E-state index contributed by atoms with van der Waals surface area (Å²) in [6.07, 6.45) is -5.02. The fraction of sp³-hybridized carbons (Fsp3) is 0.954. The lowest BCUT2D eigenvalue weighted by molar-refractivity contribution is -0.447. The van der Waals surface area contributed by atoms with Gasteiger partial charge in [0.2, 0.25) is 0 Å². The number of methoxy groups -OCH3 is 5. The maximum atomic E-state index is 12.8. The zero-order valence-corrected chi connectivity index (χ0v) is 55.1. The molecule has 3 saturated carbocycles. The second kappa shape index (κ2) is 27.8. The van der Waals surface area contributed by atoms with Gasteiger partial charge in [-0.2, -0.15) is 0 Å². The first-order valence-electron chi connectivity index (χ1n) is 33.1. The summed E-state index contributed by atoms with van der Waals surface area (Å²) in [6, 6.07) is 0. The van der Waals surface area contributed by atoms with Crippen molar-refractivity contribution in [2.75, 3.05) is 42.3 Å². The lowest BCUT2D eigenvalue weighted by Crippen LogP contribution is -2.62. The van der Waals surface area contributed by atoms with Gasteiger partial charge in [0.05, 0.1) is 91.4 Å². The number of fused-ring (bicyclic) bond motifs is 6. The molecule has 7 heterocycles. The van der Waals surface area contributed by atoms with E-state index in [4.69, 9.17) is 94.7 Å². The molecule has 0 aromatic heterocycles. The molecule has 0 radical (unpaired) electrons. The first kappa shape index (κ1) is 68.7. The predicted molar refractivity (Wildman–Crippen MR) is 312 cm³/mol. The predicted octanol–water partition coefficient (Wildman–Crippen LogP) is 5.86. The Balaban J connectivity index is 0.654. The smallest absolute Gasteiger partial charge is 0.303 e. The van der Waals surface area contributed by atoms with Crippen molar-refractivity contribution in [3.63, 3.8) is 0 Å². The molecule has 0 bridgehead atoms. The molecule has 24 nitrogen and oxygen atoms in total. The first-order chi connectivity index (χ1) is 42.4. The largest absolute Gasteiger partial charge is 0.454 e. The van der Waals surface area contributed by atoms with Gasteiger partial charge in [-0.1, -0.05) is 25.5 Å². The number of carbonyl (C=O) groups excluding carboxylic acids is 1. The monoisotopic (exact) mass is 1270 g/mol. The third-order valence-corrected chi connectivity index (χ3v) is 23.1. The van der Waals surface area contributed by atoms with Crippen molar-refractivity contribution in [1.82, 2.24) is 0 Å². The van der Waals surface area contributed by atoms with E-state index in [0.717, 1.165) is 44.9 Å². The molecule has 89 heavy (non-hydrogen) atoms. The van der Waals surface area contributed by atoms with Crippen molar-refractivity contribution in [2.45, 2.75) is 324 Å². The number of allylic oxidation sites excluding steroid dienone is 1. The van der Waals surface area contributed by atoms with Gasteiger partial charge in [0.15, 0.2) is 44.3 Å². The molecule has 0 aromatic carbocycles. The van der Waals surface area contributed by atoms with E-state index in [1.165, 1.54) is 19.6 Å². The van der Waals surface area contributed by atoms with Gasteiger partial charge in [-0.3, -0.25) is 4.79 Å². The molecule has 7 aliphatic heterocycles. The number of ether oxygens (including phenoxy) is 20. The topological polar surface area (TPSA) is 262 Å². The third-order valence-electron chi connectivity index (χ3n) is 23.1. The highest BCUT2D eigenvalue weighted by molar-refractivity contribution is 5.66. The van der Waals surface area contributed by atoms with Crippen LogP contribution < -0.4 is 0 Å². The van der Waals surface area contributed by atoms with E-state index in [1.54, 1.807) is 35.4 Å². The Labute approximate surface area is 525 Å². The van der Waals surface area contributed by atoms with Gasteiger partial charge < -0.3 is 110 Å². The Hall–Kier alpha value is -1.67. The lowest BCUT2D eigenvalue weighted by atomic mass is 9.46. The highest BCUT2D eigenvalue weighted by atomic mass is 16.9. The minimum atomic E-state index is -1.53. The quantitative estimate of drug-likeness (QED) is 0.114. The van der Waals surface area contributed by atoms with Gasteiger partial charge >= 0.3 is 5.97 Å². The van der Waals surface area contributed by atoms with Crippen LogP contribution in [-0.2, 0) is 99.5 Å². The Morgan fingerprint density at radius 3 is 1.74 bits per heavy atom. The molecule has 11 rings (SSSR count). The Kier molecular flexibility index (Phi) is 21.5. The molecule has 0 aromatic rings. The fourth-order valence-electron chi connectivity index (χ4n) is 18.1. The molecule has 33 atom stereocenters. The van der Waals surface area contributed by atoms with Gasteiger partial charge in [-0.15, -0.1) is 0 Å². The molecule has 1 spiro atoms. The van der Waals surface area contributed by atoms with Crippen LogP contribution in [0.2, 0.25) is 0 Å². The fourth-order valence-corrected chi connectivity index (χ4v) is 18.1. The van der Waals surface area contributed by atoms with Crippen LogP contribution in [0.15, 0.2) is 11.6 Å². The van der Waals surface area contributed by atoms with Gasteiger partial charge in [-0.05, 0) is 123 Å². The lowest BCUT2D eigenvalue weighted by Gasteiger charge is -2.59. The van der Waals surface area contributed by atoms with Crippen LogP contribution in [-0.4, -0.2) is 235 Å². The Bertz CT molecular complexity index is 2390. The zero-order chi connectivity index (χ0) is 63.6. The number of carbonyl (C=O) groups is 1. The molecule has 0 amide bonds. The number of esters is 1. The minimum Gasteiger partial charge on any atom is -0.454 e. The van der Waals surface area contributed by atoms with Gasteiger partial charge in [0.25, 0.3) is 5.97 Å². The molecule has 10 fully saturated rings. The maximum absolute atomic E-state index is 12.8. The zero-order valence-electron chi connectivity index (χ0n) is 55.1. The molecule has 4 aliphatic carbocycles. The number of aliphatic hydroxyl groups excluding tert-OH is 2. The average Bonchev–Trinajstić information content (AvgIpc) is 1.68. The molecular formula is C65H106O24. The van der Waals surface area contributed by atoms with E-state index in [9.17, 15) is 20.1 Å². The molecule has 24 heteroatoms. The Morgan fingerprint density at radius 1 is 0.607 bits per heavy atom. The van der Waals surface area contributed by atoms with Crippen molar-refractivity contribution in [2.24, 2.45) is 28.6 Å². The number of hydrogen-bond donors (Lipinski definition) is 3. The molecule has 3 N–H and O–H groups in total. The first-order valence-corrected chi connectivity index (χ1v) is 33.1. The van der Waals surface area contributed by atoms with Crippen LogP contribution in [0.25, 0.3) is 0 Å². The summed E-state index contributed by atoms with van der Waals surface area (Å²) < 4.78 is 127. The highest BCUT2D eigenvalue weighted by Gasteiger charge is 2.66. The average molecular weight is 1270 g/mol. The number of rotatable bonds is 17. The van der Waals surface area contributed by atoms with Gasteiger partial charge in [0, 0.05) is 73.6 Å². The third kappa shape index (κ3) is 13.4. The SMILES string of the molecule is COC1C(OC(C)=O)[C@H](O[C@@H]2C(C)O[C@@H](O[C@@H]3C(C)O[C@@H](O[C@@H]4C(C)O[C@@H](O[C@@H]5C(C)O[C@@]6(C[C@H]5OC)OCO[C@@H]5C[C@H](O[C@@H](C)[C@@]7(O)CCC8C9CC=C%10CC(O)CCC%10(C)C9CCC87C)OC(C)[C@H]5O6)C[C@H]4OC)C[C@H]3OC)C[C@H]2OC)OC(C)[C@@H]1O. The number of aliphatic hydroxyl groups is 3. The van der Waals surface area contributed by atoms with Crippen LogP contribution in [0.1, 0.15) is 153 Å². The van der Waals surface area contributed by atoms with Crippen LogP contribution in [0.3, 0.4) is 0 Å². The molecular weight excluding hydrogens is 1160 g/mol. The molecule has 14 unspecified atom stereocenters. The van der Waals surface area contributed by atoms with Crippen LogP contribution >= 0.6 is 0 Å². The summed E-state index contributed by atoms with van der Waals surface area (Å²) in [4.78, 5) is 12.1. The summed E-state index contributed by atoms with van der Waals surface area (Å²) in [5, 5.41) is 34.2. The minimum absolute atomic E-state index is 0.101. The summed E-state index contributed by atoms with van der Waals surface area (Å²) in [7, 11) is 7.90. The number of hydrogen-bond acceptors (Lipinski definition) is 24. The van der Waals surface area contributed by atoms with Gasteiger partial charge in [-0.25, -0.2) is 0 Å². The van der Waals surface area contributed by atoms with Crippen molar-refractivity contribution in [3.05, 3.63) is 11.6 Å².